The zero-order valence-corrected chi connectivity index (χ0v) is 7.11. The summed E-state index contributed by atoms with van der Waals surface area (Å²) in [5.41, 5.74) is 0. The van der Waals surface area contributed by atoms with Gasteiger partial charge in [-0.05, 0) is 6.42 Å². The molecular formula is C10H14O2. The minimum Gasteiger partial charge on any atom is -0.355 e. The molecule has 2 heteroatoms. The third-order valence-corrected chi connectivity index (χ3v) is 1.41. The summed E-state index contributed by atoms with van der Waals surface area (Å²) >= 11 is 0. The van der Waals surface area contributed by atoms with Gasteiger partial charge in [0.05, 0.1) is 13.2 Å². The van der Waals surface area contributed by atoms with Crippen LogP contribution >= 0.6 is 0 Å². The van der Waals surface area contributed by atoms with Crippen molar-refractivity contribution >= 4 is 0 Å². The molecule has 1 heterocycles. The summed E-state index contributed by atoms with van der Waals surface area (Å²) in [5, 5.41) is 0. The first kappa shape index (κ1) is 9.23. The quantitative estimate of drug-likeness (QED) is 0.587. The Morgan fingerprint density at radius 3 is 1.25 bits per heavy atom. The first-order valence-electron chi connectivity index (χ1n) is 4.15. The van der Waals surface area contributed by atoms with Gasteiger partial charge in [0, 0.05) is 0 Å². The normalized spacial score (nSPS) is 16.0. The Hall–Kier alpha value is -0.860. The van der Waals surface area contributed by atoms with Gasteiger partial charge in [0.25, 0.3) is 0 Å². The van der Waals surface area contributed by atoms with E-state index in [1.165, 1.54) is 0 Å². The molecular weight excluding hydrogens is 152 g/mol. The van der Waals surface area contributed by atoms with Gasteiger partial charge in [0.2, 0.25) is 0 Å². The van der Waals surface area contributed by atoms with Gasteiger partial charge in [0.15, 0.2) is 0 Å². The molecule has 1 aromatic carbocycles. The highest BCUT2D eigenvalue weighted by Gasteiger charge is 1.94. The molecule has 0 aromatic heterocycles. The maximum atomic E-state index is 4.85. The van der Waals surface area contributed by atoms with Crippen molar-refractivity contribution in [1.82, 2.24) is 0 Å². The third-order valence-electron chi connectivity index (χ3n) is 1.41. The SMILES string of the molecule is C1COCOC1.c1ccccc1. The van der Waals surface area contributed by atoms with E-state index in [0.29, 0.717) is 6.79 Å². The van der Waals surface area contributed by atoms with E-state index in [0.717, 1.165) is 19.6 Å². The van der Waals surface area contributed by atoms with Gasteiger partial charge in [-0.25, -0.2) is 0 Å². The Kier molecular flexibility index (Phi) is 5.25. The van der Waals surface area contributed by atoms with Gasteiger partial charge >= 0.3 is 0 Å². The molecule has 1 fully saturated rings. The second-order valence-electron chi connectivity index (χ2n) is 2.44. The molecule has 1 aromatic rings. The number of rotatable bonds is 0. The summed E-state index contributed by atoms with van der Waals surface area (Å²) < 4.78 is 9.69. The average molecular weight is 166 g/mol. The monoisotopic (exact) mass is 166 g/mol. The van der Waals surface area contributed by atoms with Crippen molar-refractivity contribution in [3.05, 3.63) is 36.4 Å². The molecule has 2 rings (SSSR count). The van der Waals surface area contributed by atoms with Crippen molar-refractivity contribution in [2.24, 2.45) is 0 Å². The van der Waals surface area contributed by atoms with E-state index in [4.69, 9.17) is 9.47 Å². The second-order valence-corrected chi connectivity index (χ2v) is 2.44. The molecule has 0 radical (unpaired) electrons. The molecule has 12 heavy (non-hydrogen) atoms. The maximum Gasteiger partial charge on any atom is 0.146 e. The standard InChI is InChI=1S/C6H6.C4H8O2/c1-2-4-6-5-3-1;1-2-5-4-6-3-1/h1-6H;1-4H2. The highest BCUT2D eigenvalue weighted by Crippen LogP contribution is 1.91. The molecule has 1 aliphatic rings. The van der Waals surface area contributed by atoms with Crippen LogP contribution in [-0.4, -0.2) is 20.0 Å². The zero-order chi connectivity index (χ0) is 8.49. The fourth-order valence-electron chi connectivity index (χ4n) is 0.825. The zero-order valence-electron chi connectivity index (χ0n) is 7.11. The molecule has 0 bridgehead atoms. The van der Waals surface area contributed by atoms with E-state index >= 15 is 0 Å². The van der Waals surface area contributed by atoms with Gasteiger partial charge < -0.3 is 9.47 Å². The fraction of sp³-hybridized carbons (Fsp3) is 0.400. The van der Waals surface area contributed by atoms with Gasteiger partial charge in [-0.1, -0.05) is 36.4 Å². The average Bonchev–Trinajstić information content (AvgIpc) is 2.24. The Morgan fingerprint density at radius 2 is 1.08 bits per heavy atom. The van der Waals surface area contributed by atoms with Crippen molar-refractivity contribution in [1.29, 1.82) is 0 Å². The molecule has 0 N–H and O–H groups in total. The maximum absolute atomic E-state index is 4.85. The summed E-state index contributed by atoms with van der Waals surface area (Å²) in [4.78, 5) is 0. The van der Waals surface area contributed by atoms with Gasteiger partial charge in [-0.3, -0.25) is 0 Å². The van der Waals surface area contributed by atoms with Crippen LogP contribution in [0.3, 0.4) is 0 Å². The summed E-state index contributed by atoms with van der Waals surface area (Å²) in [6.45, 7) is 2.25. The summed E-state index contributed by atoms with van der Waals surface area (Å²) in [6.07, 6.45) is 1.06. The molecule has 0 aliphatic carbocycles. The largest absolute Gasteiger partial charge is 0.355 e. The molecule has 66 valence electrons. The highest BCUT2D eigenvalue weighted by molar-refractivity contribution is 4.99. The van der Waals surface area contributed by atoms with Crippen molar-refractivity contribution in [3.8, 4) is 0 Å². The van der Waals surface area contributed by atoms with Crippen LogP contribution in [0, 0.1) is 0 Å². The lowest BCUT2D eigenvalue weighted by Gasteiger charge is -2.09. The Labute approximate surface area is 73.1 Å². The predicted molar refractivity (Wildman–Crippen MR) is 47.8 cm³/mol. The smallest absolute Gasteiger partial charge is 0.146 e. The van der Waals surface area contributed by atoms with Crippen LogP contribution in [0.25, 0.3) is 0 Å². The number of benzene rings is 1. The lowest BCUT2D eigenvalue weighted by atomic mass is 10.4. The fourth-order valence-corrected chi connectivity index (χ4v) is 0.825. The minimum absolute atomic E-state index is 0.500. The highest BCUT2D eigenvalue weighted by atomic mass is 16.7. The lowest BCUT2D eigenvalue weighted by molar-refractivity contribution is -0.0963. The van der Waals surface area contributed by atoms with E-state index in [9.17, 15) is 0 Å². The summed E-state index contributed by atoms with van der Waals surface area (Å²) in [6, 6.07) is 12.0. The first-order chi connectivity index (χ1) is 6.00. The van der Waals surface area contributed by atoms with Crippen LogP contribution in [0.2, 0.25) is 0 Å². The Balaban J connectivity index is 0.000000120. The van der Waals surface area contributed by atoms with Gasteiger partial charge in [0.1, 0.15) is 6.79 Å². The van der Waals surface area contributed by atoms with Crippen LogP contribution < -0.4 is 0 Å². The lowest BCUT2D eigenvalue weighted by Crippen LogP contribution is -2.11. The van der Waals surface area contributed by atoms with Gasteiger partial charge in [-0.2, -0.15) is 0 Å². The van der Waals surface area contributed by atoms with Crippen molar-refractivity contribution < 1.29 is 9.47 Å². The molecule has 0 saturated carbocycles. The molecule has 0 amide bonds. The van der Waals surface area contributed by atoms with E-state index in [-0.39, 0.29) is 0 Å². The number of ether oxygens (including phenoxy) is 2. The van der Waals surface area contributed by atoms with Crippen LogP contribution in [0.4, 0.5) is 0 Å². The predicted octanol–water partition coefficient (Wildman–Crippen LogP) is 2.07. The summed E-state index contributed by atoms with van der Waals surface area (Å²) in [5.74, 6) is 0. The minimum atomic E-state index is 0.500. The second kappa shape index (κ2) is 6.83. The van der Waals surface area contributed by atoms with E-state index in [2.05, 4.69) is 0 Å². The number of hydrogen-bond donors (Lipinski definition) is 0. The van der Waals surface area contributed by atoms with Crippen LogP contribution in [0.1, 0.15) is 6.42 Å². The first-order valence-corrected chi connectivity index (χ1v) is 4.15. The topological polar surface area (TPSA) is 18.5 Å². The van der Waals surface area contributed by atoms with Crippen molar-refractivity contribution in [2.75, 3.05) is 20.0 Å². The van der Waals surface area contributed by atoms with Crippen molar-refractivity contribution in [2.45, 2.75) is 6.42 Å². The molecule has 1 aliphatic heterocycles. The molecule has 0 unspecified atom stereocenters. The van der Waals surface area contributed by atoms with Crippen LogP contribution in [0.15, 0.2) is 36.4 Å². The molecule has 1 saturated heterocycles. The van der Waals surface area contributed by atoms with Gasteiger partial charge in [-0.15, -0.1) is 0 Å². The summed E-state index contributed by atoms with van der Waals surface area (Å²) in [7, 11) is 0. The molecule has 0 atom stereocenters. The molecule has 2 nitrogen and oxygen atoms in total. The number of hydrogen-bond acceptors (Lipinski definition) is 2. The Morgan fingerprint density at radius 1 is 0.667 bits per heavy atom. The van der Waals surface area contributed by atoms with E-state index < -0.39 is 0 Å². The van der Waals surface area contributed by atoms with Crippen molar-refractivity contribution in [3.63, 3.8) is 0 Å². The van der Waals surface area contributed by atoms with Crippen LogP contribution in [-0.2, 0) is 9.47 Å². The van der Waals surface area contributed by atoms with E-state index in [1.807, 2.05) is 36.4 Å². The third kappa shape index (κ3) is 4.88. The molecule has 0 spiro atoms. The van der Waals surface area contributed by atoms with Crippen LogP contribution in [0.5, 0.6) is 0 Å². The van der Waals surface area contributed by atoms with E-state index in [1.54, 1.807) is 0 Å². The Bertz CT molecular complexity index is 132.